The summed E-state index contributed by atoms with van der Waals surface area (Å²) >= 11 is 0. The molecule has 26 heavy (non-hydrogen) atoms. The fourth-order valence-corrected chi connectivity index (χ4v) is 1.35. The first-order valence-corrected chi connectivity index (χ1v) is 9.23. The number of Topliss-reactive ketones (excluding diaryl/α,β-unsaturated/α-hetero) is 4. The lowest BCUT2D eigenvalue weighted by molar-refractivity contribution is -0.136. The van der Waals surface area contributed by atoms with Crippen molar-refractivity contribution < 1.29 is 19.2 Å². The minimum atomic E-state index is -0.402. The molecule has 0 N–H and O–H groups in total. The van der Waals surface area contributed by atoms with Crippen molar-refractivity contribution in [2.75, 3.05) is 0 Å². The molecule has 0 bridgehead atoms. The Morgan fingerprint density at radius 1 is 0.385 bits per heavy atom. The van der Waals surface area contributed by atoms with Crippen LogP contribution in [0.25, 0.3) is 0 Å². The zero-order chi connectivity index (χ0) is 21.7. The van der Waals surface area contributed by atoms with E-state index in [1.807, 2.05) is 83.1 Å². The molecule has 0 aliphatic carbocycles. The third kappa shape index (κ3) is 11.3. The SMILES string of the molecule is CC(C)(C)C(=O)CC(=O)C(C)(C)C.CC(C)(C)C(=O)CC(=O)C(C)(C)C. The molecular weight excluding hydrogens is 328 g/mol. The van der Waals surface area contributed by atoms with Crippen LogP contribution in [0.2, 0.25) is 0 Å². The fraction of sp³-hybridized carbons (Fsp3) is 0.818. The quantitative estimate of drug-likeness (QED) is 0.638. The second-order valence-corrected chi connectivity index (χ2v) is 11.0. The first-order chi connectivity index (χ1) is 11.1. The third-order valence-corrected chi connectivity index (χ3v) is 3.99. The Balaban J connectivity index is 0. The molecule has 0 rings (SSSR count). The summed E-state index contributed by atoms with van der Waals surface area (Å²) in [6.45, 7) is 22.1. The van der Waals surface area contributed by atoms with E-state index in [2.05, 4.69) is 0 Å². The normalized spacial score (nSPS) is 12.8. The average Bonchev–Trinajstić information content (AvgIpc) is 2.34. The van der Waals surface area contributed by atoms with Gasteiger partial charge in [0.1, 0.15) is 23.1 Å². The van der Waals surface area contributed by atoms with Crippen LogP contribution in [-0.4, -0.2) is 23.1 Å². The number of carbonyl (C=O) groups excluding carboxylic acids is 4. The van der Waals surface area contributed by atoms with Crippen molar-refractivity contribution in [2.24, 2.45) is 21.7 Å². The minimum absolute atomic E-state index is 0.0208. The number of rotatable bonds is 4. The van der Waals surface area contributed by atoms with Crippen molar-refractivity contribution in [1.29, 1.82) is 0 Å². The predicted octanol–water partition coefficient (Wildman–Crippen LogP) is 5.21. The van der Waals surface area contributed by atoms with Gasteiger partial charge in [-0.15, -0.1) is 0 Å². The van der Waals surface area contributed by atoms with Crippen molar-refractivity contribution >= 4 is 23.1 Å². The Bertz CT molecular complexity index is 428. The maximum atomic E-state index is 11.5. The zero-order valence-electron chi connectivity index (χ0n) is 19.0. The molecule has 152 valence electrons. The Hall–Kier alpha value is -1.32. The monoisotopic (exact) mass is 368 g/mol. The maximum Gasteiger partial charge on any atom is 0.145 e. The molecule has 0 aliphatic heterocycles. The van der Waals surface area contributed by atoms with E-state index in [1.54, 1.807) is 0 Å². The number of hydrogen-bond donors (Lipinski definition) is 0. The lowest BCUT2D eigenvalue weighted by Crippen LogP contribution is -2.28. The molecular formula is C22H40O4. The number of hydrogen-bond acceptors (Lipinski definition) is 4. The smallest absolute Gasteiger partial charge is 0.145 e. The van der Waals surface area contributed by atoms with E-state index < -0.39 is 21.7 Å². The molecule has 0 aromatic rings. The van der Waals surface area contributed by atoms with Crippen molar-refractivity contribution in [3.05, 3.63) is 0 Å². The molecule has 0 aliphatic rings. The largest absolute Gasteiger partial charge is 0.299 e. The lowest BCUT2D eigenvalue weighted by atomic mass is 9.82. The van der Waals surface area contributed by atoms with Crippen LogP contribution in [0.4, 0.5) is 0 Å². The van der Waals surface area contributed by atoms with Gasteiger partial charge in [0.2, 0.25) is 0 Å². The van der Waals surface area contributed by atoms with Crippen molar-refractivity contribution in [2.45, 2.75) is 95.9 Å². The number of ketones is 4. The van der Waals surface area contributed by atoms with Crippen molar-refractivity contribution in [1.82, 2.24) is 0 Å². The Kier molecular flexibility index (Phi) is 9.37. The molecule has 0 amide bonds. The molecule has 0 heterocycles. The van der Waals surface area contributed by atoms with Crippen molar-refractivity contribution in [3.8, 4) is 0 Å². The summed E-state index contributed by atoms with van der Waals surface area (Å²) in [5, 5.41) is 0. The second-order valence-electron chi connectivity index (χ2n) is 11.0. The van der Waals surface area contributed by atoms with Crippen molar-refractivity contribution in [3.63, 3.8) is 0 Å². The minimum Gasteiger partial charge on any atom is -0.299 e. The van der Waals surface area contributed by atoms with E-state index in [9.17, 15) is 19.2 Å². The van der Waals surface area contributed by atoms with Gasteiger partial charge in [0.05, 0.1) is 12.8 Å². The highest BCUT2D eigenvalue weighted by atomic mass is 16.2. The summed E-state index contributed by atoms with van der Waals surface area (Å²) in [6, 6.07) is 0. The maximum absolute atomic E-state index is 11.5. The molecule has 0 spiro atoms. The Labute approximate surface area is 160 Å². The fourth-order valence-electron chi connectivity index (χ4n) is 1.35. The molecule has 4 nitrogen and oxygen atoms in total. The molecule has 0 saturated heterocycles. The van der Waals surface area contributed by atoms with Crippen LogP contribution < -0.4 is 0 Å². The summed E-state index contributed by atoms with van der Waals surface area (Å²) in [5.74, 6) is 0.0831. The van der Waals surface area contributed by atoms with Crippen LogP contribution in [0.3, 0.4) is 0 Å². The lowest BCUT2D eigenvalue weighted by Gasteiger charge is -2.20. The molecule has 0 unspecified atom stereocenters. The predicted molar refractivity (Wildman–Crippen MR) is 107 cm³/mol. The molecule has 0 radical (unpaired) electrons. The molecule has 0 aromatic carbocycles. The zero-order valence-corrected chi connectivity index (χ0v) is 19.0. The van der Waals surface area contributed by atoms with Gasteiger partial charge in [0.15, 0.2) is 0 Å². The van der Waals surface area contributed by atoms with Crippen LogP contribution in [-0.2, 0) is 19.2 Å². The van der Waals surface area contributed by atoms with E-state index in [0.717, 1.165) is 0 Å². The molecule has 0 atom stereocenters. The van der Waals surface area contributed by atoms with Gasteiger partial charge in [0.25, 0.3) is 0 Å². The van der Waals surface area contributed by atoms with Crippen LogP contribution in [0.15, 0.2) is 0 Å². The summed E-state index contributed by atoms with van der Waals surface area (Å²) in [6.07, 6.45) is 0.125. The van der Waals surface area contributed by atoms with Crippen LogP contribution in [0.1, 0.15) is 95.9 Å². The number of carbonyl (C=O) groups is 4. The topological polar surface area (TPSA) is 68.3 Å². The summed E-state index contributed by atoms with van der Waals surface area (Å²) in [7, 11) is 0. The van der Waals surface area contributed by atoms with Crippen LogP contribution >= 0.6 is 0 Å². The highest BCUT2D eigenvalue weighted by Gasteiger charge is 2.29. The third-order valence-electron chi connectivity index (χ3n) is 3.99. The van der Waals surface area contributed by atoms with E-state index >= 15 is 0 Å². The van der Waals surface area contributed by atoms with Gasteiger partial charge in [0, 0.05) is 21.7 Å². The highest BCUT2D eigenvalue weighted by Crippen LogP contribution is 2.23. The van der Waals surface area contributed by atoms with Gasteiger partial charge in [-0.1, -0.05) is 83.1 Å². The average molecular weight is 369 g/mol. The van der Waals surface area contributed by atoms with Gasteiger partial charge in [-0.05, 0) is 0 Å². The standard InChI is InChI=1S/2C11H20O2/c2*1-10(2,3)8(12)7-9(13)11(4,5)6/h2*7H2,1-6H3. The summed E-state index contributed by atoms with van der Waals surface area (Å²) in [4.78, 5) is 46.0. The summed E-state index contributed by atoms with van der Waals surface area (Å²) < 4.78 is 0. The molecule has 4 heteroatoms. The van der Waals surface area contributed by atoms with E-state index in [4.69, 9.17) is 0 Å². The molecule has 0 fully saturated rings. The van der Waals surface area contributed by atoms with E-state index in [0.29, 0.717) is 0 Å². The molecule has 0 saturated carbocycles. The van der Waals surface area contributed by atoms with Gasteiger partial charge < -0.3 is 0 Å². The Morgan fingerprint density at radius 3 is 0.577 bits per heavy atom. The first-order valence-electron chi connectivity index (χ1n) is 9.23. The van der Waals surface area contributed by atoms with Gasteiger partial charge in [-0.2, -0.15) is 0 Å². The van der Waals surface area contributed by atoms with Gasteiger partial charge in [-0.3, -0.25) is 19.2 Å². The van der Waals surface area contributed by atoms with Gasteiger partial charge >= 0.3 is 0 Å². The highest BCUT2D eigenvalue weighted by molar-refractivity contribution is 6.03. The Morgan fingerprint density at radius 2 is 0.500 bits per heavy atom. The van der Waals surface area contributed by atoms with E-state index in [-0.39, 0.29) is 36.0 Å². The molecule has 0 aromatic heterocycles. The van der Waals surface area contributed by atoms with Crippen LogP contribution in [0, 0.1) is 21.7 Å². The van der Waals surface area contributed by atoms with E-state index in [1.165, 1.54) is 0 Å². The summed E-state index contributed by atoms with van der Waals surface area (Å²) in [5.41, 5.74) is -1.61. The first kappa shape index (κ1) is 26.9. The van der Waals surface area contributed by atoms with Gasteiger partial charge in [-0.25, -0.2) is 0 Å². The van der Waals surface area contributed by atoms with Crippen LogP contribution in [0.5, 0.6) is 0 Å². The second kappa shape index (κ2) is 9.05.